The lowest BCUT2D eigenvalue weighted by Gasteiger charge is -1.88. The molecule has 0 heterocycles. The van der Waals surface area contributed by atoms with Crippen molar-refractivity contribution in [3.05, 3.63) is 35.6 Å². The highest BCUT2D eigenvalue weighted by atomic mass is 19.1. The van der Waals surface area contributed by atoms with Gasteiger partial charge in [0.15, 0.2) is 0 Å². The van der Waals surface area contributed by atoms with Crippen molar-refractivity contribution >= 4 is 0 Å². The number of ether oxygens (including phenoxy) is 1. The molecule has 0 fully saturated rings. The minimum Gasteiger partial charge on any atom is -0.372 e. The predicted octanol–water partition coefficient (Wildman–Crippen LogP) is 1.82. The molecule has 2 heteroatoms. The van der Waals surface area contributed by atoms with Crippen molar-refractivity contribution in [1.82, 2.24) is 0 Å². The minimum atomic E-state index is -0.243. The molecule has 0 spiro atoms. The lowest BCUT2D eigenvalue weighted by molar-refractivity contribution is 0.240. The first-order valence-corrected chi connectivity index (χ1v) is 3.56. The van der Waals surface area contributed by atoms with Gasteiger partial charge in [0.05, 0.1) is 0 Å². The first kappa shape index (κ1) is 8.76. The van der Waals surface area contributed by atoms with Gasteiger partial charge in [0.2, 0.25) is 0 Å². The number of benzene rings is 1. The Bertz CT molecular complexity index is 292. The Morgan fingerprint density at radius 1 is 1.33 bits per heavy atom. The lowest BCUT2D eigenvalue weighted by Crippen LogP contribution is -1.82. The number of halogens is 1. The zero-order chi connectivity index (χ0) is 8.81. The number of hydrogen-bond acceptors (Lipinski definition) is 1. The number of methoxy groups -OCH3 is 1. The molecular weight excluding hydrogens is 155 g/mol. The van der Waals surface area contributed by atoms with Gasteiger partial charge in [0.1, 0.15) is 12.4 Å². The third kappa shape index (κ3) is 2.73. The van der Waals surface area contributed by atoms with E-state index >= 15 is 0 Å². The second-order valence-corrected chi connectivity index (χ2v) is 2.24. The van der Waals surface area contributed by atoms with Gasteiger partial charge in [-0.1, -0.05) is 11.8 Å². The molecule has 0 unspecified atom stereocenters. The topological polar surface area (TPSA) is 9.23 Å². The van der Waals surface area contributed by atoms with Crippen molar-refractivity contribution in [3.8, 4) is 11.8 Å². The quantitative estimate of drug-likeness (QED) is 0.575. The Kier molecular flexibility index (Phi) is 3.31. The van der Waals surface area contributed by atoms with E-state index in [0.717, 1.165) is 5.56 Å². The Labute approximate surface area is 71.2 Å². The van der Waals surface area contributed by atoms with Crippen molar-refractivity contribution in [3.63, 3.8) is 0 Å². The highest BCUT2D eigenvalue weighted by Gasteiger charge is 1.87. The molecule has 0 aliphatic heterocycles. The molecular formula is C10H9FO. The van der Waals surface area contributed by atoms with Crippen LogP contribution in [0.5, 0.6) is 0 Å². The molecule has 0 saturated heterocycles. The van der Waals surface area contributed by atoms with E-state index in [1.807, 2.05) is 0 Å². The molecule has 0 N–H and O–H groups in total. The first-order valence-electron chi connectivity index (χ1n) is 3.56. The molecule has 0 aliphatic carbocycles. The fraction of sp³-hybridized carbons (Fsp3) is 0.200. The summed E-state index contributed by atoms with van der Waals surface area (Å²) < 4.78 is 17.1. The second-order valence-electron chi connectivity index (χ2n) is 2.24. The van der Waals surface area contributed by atoms with Crippen molar-refractivity contribution in [2.24, 2.45) is 0 Å². The van der Waals surface area contributed by atoms with Gasteiger partial charge >= 0.3 is 0 Å². The van der Waals surface area contributed by atoms with Crippen LogP contribution in [0.25, 0.3) is 0 Å². The van der Waals surface area contributed by atoms with Crippen molar-refractivity contribution < 1.29 is 9.13 Å². The molecule has 1 rings (SSSR count). The van der Waals surface area contributed by atoms with Gasteiger partial charge in [0.25, 0.3) is 0 Å². The van der Waals surface area contributed by atoms with Crippen LogP contribution in [0.15, 0.2) is 24.3 Å². The van der Waals surface area contributed by atoms with Crippen LogP contribution in [-0.4, -0.2) is 13.7 Å². The summed E-state index contributed by atoms with van der Waals surface area (Å²) in [5, 5.41) is 0. The van der Waals surface area contributed by atoms with Gasteiger partial charge in [-0.25, -0.2) is 4.39 Å². The van der Waals surface area contributed by atoms with E-state index in [9.17, 15) is 4.39 Å². The third-order valence-electron chi connectivity index (χ3n) is 1.29. The molecule has 0 atom stereocenters. The Hall–Kier alpha value is -1.33. The maximum Gasteiger partial charge on any atom is 0.123 e. The van der Waals surface area contributed by atoms with Crippen LogP contribution in [0.1, 0.15) is 5.56 Å². The van der Waals surface area contributed by atoms with Crippen LogP contribution in [-0.2, 0) is 4.74 Å². The Balaban J connectivity index is 2.66. The SMILES string of the molecule is COCC#Cc1ccc(F)cc1. The zero-order valence-electron chi connectivity index (χ0n) is 6.80. The maximum absolute atomic E-state index is 12.4. The first-order chi connectivity index (χ1) is 5.83. The van der Waals surface area contributed by atoms with E-state index < -0.39 is 0 Å². The van der Waals surface area contributed by atoms with Crippen LogP contribution in [0.2, 0.25) is 0 Å². The molecule has 0 bridgehead atoms. The summed E-state index contributed by atoms with van der Waals surface area (Å²) >= 11 is 0. The van der Waals surface area contributed by atoms with Gasteiger partial charge in [-0.15, -0.1) is 0 Å². The molecule has 1 aromatic rings. The molecule has 1 nitrogen and oxygen atoms in total. The molecule has 0 radical (unpaired) electrons. The Morgan fingerprint density at radius 2 is 2.00 bits per heavy atom. The molecule has 0 saturated carbocycles. The minimum absolute atomic E-state index is 0.243. The number of hydrogen-bond donors (Lipinski definition) is 0. The normalized spacial score (nSPS) is 8.83. The maximum atomic E-state index is 12.4. The fourth-order valence-corrected chi connectivity index (χ4v) is 0.744. The van der Waals surface area contributed by atoms with Crippen LogP contribution in [0.3, 0.4) is 0 Å². The second kappa shape index (κ2) is 4.53. The average Bonchev–Trinajstić information content (AvgIpc) is 2.09. The van der Waals surface area contributed by atoms with Crippen molar-refractivity contribution in [2.75, 3.05) is 13.7 Å². The fourth-order valence-electron chi connectivity index (χ4n) is 0.744. The monoisotopic (exact) mass is 164 g/mol. The average molecular weight is 164 g/mol. The summed E-state index contributed by atoms with van der Waals surface area (Å²) in [6.07, 6.45) is 0. The molecule has 1 aromatic carbocycles. The van der Waals surface area contributed by atoms with Gasteiger partial charge < -0.3 is 4.74 Å². The van der Waals surface area contributed by atoms with Crippen molar-refractivity contribution in [1.29, 1.82) is 0 Å². The smallest absolute Gasteiger partial charge is 0.123 e. The summed E-state index contributed by atoms with van der Waals surface area (Å²) in [7, 11) is 1.58. The van der Waals surface area contributed by atoms with Crippen LogP contribution in [0.4, 0.5) is 4.39 Å². The van der Waals surface area contributed by atoms with Gasteiger partial charge in [0, 0.05) is 12.7 Å². The van der Waals surface area contributed by atoms with Crippen LogP contribution in [0, 0.1) is 17.7 Å². The molecule has 12 heavy (non-hydrogen) atoms. The van der Waals surface area contributed by atoms with Gasteiger partial charge in [-0.2, -0.15) is 0 Å². The molecule has 0 aliphatic rings. The third-order valence-corrected chi connectivity index (χ3v) is 1.29. The van der Waals surface area contributed by atoms with E-state index in [4.69, 9.17) is 4.74 Å². The molecule has 0 aromatic heterocycles. The summed E-state index contributed by atoms with van der Waals surface area (Å²) in [5.74, 6) is 5.36. The number of rotatable bonds is 1. The summed E-state index contributed by atoms with van der Waals surface area (Å²) in [5.41, 5.74) is 0.799. The van der Waals surface area contributed by atoms with Crippen LogP contribution < -0.4 is 0 Å². The van der Waals surface area contributed by atoms with E-state index in [-0.39, 0.29) is 5.82 Å². The van der Waals surface area contributed by atoms with E-state index in [1.165, 1.54) is 12.1 Å². The van der Waals surface area contributed by atoms with E-state index in [0.29, 0.717) is 6.61 Å². The summed E-state index contributed by atoms with van der Waals surface area (Å²) in [4.78, 5) is 0. The standard InChI is InChI=1S/C10H9FO/c1-12-8-2-3-9-4-6-10(11)7-5-9/h4-7H,8H2,1H3. The van der Waals surface area contributed by atoms with Crippen molar-refractivity contribution in [2.45, 2.75) is 0 Å². The summed E-state index contributed by atoms with van der Waals surface area (Å²) in [6.45, 7) is 0.400. The highest BCUT2D eigenvalue weighted by molar-refractivity contribution is 5.33. The van der Waals surface area contributed by atoms with E-state index in [2.05, 4.69) is 11.8 Å². The summed E-state index contributed by atoms with van der Waals surface area (Å²) in [6, 6.07) is 6.05. The largest absolute Gasteiger partial charge is 0.372 e. The van der Waals surface area contributed by atoms with Gasteiger partial charge in [-0.05, 0) is 24.3 Å². The highest BCUT2D eigenvalue weighted by Crippen LogP contribution is 2.00. The van der Waals surface area contributed by atoms with Gasteiger partial charge in [-0.3, -0.25) is 0 Å². The molecule has 0 amide bonds. The van der Waals surface area contributed by atoms with Crippen LogP contribution >= 0.6 is 0 Å². The molecule has 62 valence electrons. The van der Waals surface area contributed by atoms with E-state index in [1.54, 1.807) is 19.2 Å². The Morgan fingerprint density at radius 3 is 2.58 bits per heavy atom. The lowest BCUT2D eigenvalue weighted by atomic mass is 10.2. The predicted molar refractivity (Wildman–Crippen MR) is 45.2 cm³/mol. The zero-order valence-corrected chi connectivity index (χ0v) is 6.80.